The zero-order valence-electron chi connectivity index (χ0n) is 6.39. The molecule has 1 rings (SSSR count). The van der Waals surface area contributed by atoms with Crippen molar-refractivity contribution < 1.29 is 0 Å². The fourth-order valence-electron chi connectivity index (χ4n) is 0.793. The van der Waals surface area contributed by atoms with Gasteiger partial charge >= 0.3 is 0 Å². The zero-order chi connectivity index (χ0) is 8.43. The lowest BCUT2D eigenvalue weighted by molar-refractivity contribution is 1.58. The number of anilines is 1. The average molecular weight is 168 g/mol. The highest BCUT2D eigenvalue weighted by atomic mass is 35.5. The summed E-state index contributed by atoms with van der Waals surface area (Å²) >= 11 is 5.79. The van der Waals surface area contributed by atoms with Gasteiger partial charge in [0.25, 0.3) is 0 Å². The smallest absolute Gasteiger partial charge is 0.0641 e. The van der Waals surface area contributed by atoms with Gasteiger partial charge in [-0.25, -0.2) is 0 Å². The molecule has 0 bridgehead atoms. The second-order valence-electron chi connectivity index (χ2n) is 2.52. The van der Waals surface area contributed by atoms with Crippen molar-refractivity contribution in [2.75, 3.05) is 5.73 Å². The molecule has 0 aromatic heterocycles. The molecule has 0 aliphatic rings. The Bertz CT molecular complexity index is 292. The Morgan fingerprint density at radius 3 is 2.64 bits per heavy atom. The summed E-state index contributed by atoms with van der Waals surface area (Å²) < 4.78 is 0. The Morgan fingerprint density at radius 2 is 2.18 bits per heavy atom. The monoisotopic (exact) mass is 167 g/mol. The number of nitrogens with two attached hydrogens (primary N) is 1. The van der Waals surface area contributed by atoms with E-state index in [0.717, 1.165) is 11.1 Å². The van der Waals surface area contributed by atoms with Gasteiger partial charge in [-0.15, -0.1) is 0 Å². The van der Waals surface area contributed by atoms with Gasteiger partial charge in [0.1, 0.15) is 0 Å². The SMILES string of the molecule is C=C(C)c1ccc(N)c(Cl)c1. The first-order valence-electron chi connectivity index (χ1n) is 3.32. The van der Waals surface area contributed by atoms with Crippen molar-refractivity contribution in [3.63, 3.8) is 0 Å². The van der Waals surface area contributed by atoms with Crippen molar-refractivity contribution in [1.82, 2.24) is 0 Å². The van der Waals surface area contributed by atoms with Crippen LogP contribution in [0.3, 0.4) is 0 Å². The first kappa shape index (κ1) is 8.15. The van der Waals surface area contributed by atoms with Crippen LogP contribution in [0.15, 0.2) is 24.8 Å². The highest BCUT2D eigenvalue weighted by Crippen LogP contribution is 2.22. The summed E-state index contributed by atoms with van der Waals surface area (Å²) in [6.45, 7) is 5.73. The molecule has 0 aliphatic heterocycles. The second kappa shape index (κ2) is 2.97. The summed E-state index contributed by atoms with van der Waals surface area (Å²) in [7, 11) is 0. The third kappa shape index (κ3) is 1.75. The normalized spacial score (nSPS) is 9.64. The summed E-state index contributed by atoms with van der Waals surface area (Å²) in [4.78, 5) is 0. The Morgan fingerprint density at radius 1 is 1.55 bits per heavy atom. The largest absolute Gasteiger partial charge is 0.398 e. The fraction of sp³-hybridized carbons (Fsp3) is 0.111. The number of halogens is 1. The highest BCUT2D eigenvalue weighted by molar-refractivity contribution is 6.33. The van der Waals surface area contributed by atoms with Crippen molar-refractivity contribution in [1.29, 1.82) is 0 Å². The predicted octanol–water partition coefficient (Wildman–Crippen LogP) is 2.96. The molecule has 1 nitrogen and oxygen atoms in total. The van der Waals surface area contributed by atoms with Crippen molar-refractivity contribution in [3.8, 4) is 0 Å². The first-order valence-corrected chi connectivity index (χ1v) is 3.70. The van der Waals surface area contributed by atoms with Crippen LogP contribution in [0.1, 0.15) is 12.5 Å². The fourth-order valence-corrected chi connectivity index (χ4v) is 0.973. The van der Waals surface area contributed by atoms with E-state index >= 15 is 0 Å². The molecule has 1 aromatic rings. The maximum absolute atomic E-state index is 5.79. The molecule has 11 heavy (non-hydrogen) atoms. The standard InChI is InChI=1S/C9H10ClN/c1-6(2)7-3-4-9(11)8(10)5-7/h3-5H,1,11H2,2H3. The minimum atomic E-state index is 0.588. The van der Waals surface area contributed by atoms with Crippen LogP contribution in [0.4, 0.5) is 5.69 Å². The van der Waals surface area contributed by atoms with E-state index in [0.29, 0.717) is 10.7 Å². The number of benzene rings is 1. The summed E-state index contributed by atoms with van der Waals surface area (Å²) in [6, 6.07) is 5.51. The summed E-state index contributed by atoms with van der Waals surface area (Å²) in [5.41, 5.74) is 8.16. The van der Waals surface area contributed by atoms with Crippen molar-refractivity contribution >= 4 is 22.9 Å². The summed E-state index contributed by atoms with van der Waals surface area (Å²) in [5, 5.41) is 0.588. The molecule has 2 N–H and O–H groups in total. The molecule has 0 unspecified atom stereocenters. The minimum Gasteiger partial charge on any atom is -0.398 e. The molecule has 0 spiro atoms. The van der Waals surface area contributed by atoms with Gasteiger partial charge in [0.2, 0.25) is 0 Å². The molecule has 0 radical (unpaired) electrons. The quantitative estimate of drug-likeness (QED) is 0.640. The second-order valence-corrected chi connectivity index (χ2v) is 2.92. The van der Waals surface area contributed by atoms with Crippen LogP contribution in [-0.2, 0) is 0 Å². The number of hydrogen-bond donors (Lipinski definition) is 1. The topological polar surface area (TPSA) is 26.0 Å². The Labute approximate surface area is 71.5 Å². The van der Waals surface area contributed by atoms with Crippen LogP contribution in [0.2, 0.25) is 5.02 Å². The molecular weight excluding hydrogens is 158 g/mol. The van der Waals surface area contributed by atoms with E-state index in [1.165, 1.54) is 0 Å². The number of hydrogen-bond acceptors (Lipinski definition) is 1. The van der Waals surface area contributed by atoms with Crippen LogP contribution in [0, 0.1) is 0 Å². The van der Waals surface area contributed by atoms with Gasteiger partial charge in [-0.2, -0.15) is 0 Å². The van der Waals surface area contributed by atoms with Crippen LogP contribution in [-0.4, -0.2) is 0 Å². The van der Waals surface area contributed by atoms with Gasteiger partial charge < -0.3 is 5.73 Å². The molecule has 0 saturated carbocycles. The Balaban J connectivity index is 3.15. The molecule has 0 aliphatic carbocycles. The number of nitrogen functional groups attached to an aromatic ring is 1. The molecule has 0 heterocycles. The van der Waals surface area contributed by atoms with Gasteiger partial charge in [0, 0.05) is 0 Å². The summed E-state index contributed by atoms with van der Waals surface area (Å²) in [6.07, 6.45) is 0. The van der Waals surface area contributed by atoms with Gasteiger partial charge in [-0.1, -0.05) is 29.8 Å². The molecule has 0 amide bonds. The van der Waals surface area contributed by atoms with Crippen molar-refractivity contribution in [3.05, 3.63) is 35.4 Å². The Kier molecular flexibility index (Phi) is 2.20. The maximum Gasteiger partial charge on any atom is 0.0641 e. The zero-order valence-corrected chi connectivity index (χ0v) is 7.15. The summed E-state index contributed by atoms with van der Waals surface area (Å²) in [5.74, 6) is 0. The van der Waals surface area contributed by atoms with Crippen LogP contribution >= 0.6 is 11.6 Å². The van der Waals surface area contributed by atoms with Gasteiger partial charge in [0.15, 0.2) is 0 Å². The first-order chi connectivity index (χ1) is 5.11. The molecule has 1 aromatic carbocycles. The molecule has 2 heteroatoms. The minimum absolute atomic E-state index is 0.588. The van der Waals surface area contributed by atoms with E-state index in [-0.39, 0.29) is 0 Å². The molecule has 0 fully saturated rings. The third-order valence-corrected chi connectivity index (χ3v) is 1.82. The Hall–Kier alpha value is -0.950. The number of rotatable bonds is 1. The van der Waals surface area contributed by atoms with E-state index < -0.39 is 0 Å². The molecular formula is C9H10ClN. The highest BCUT2D eigenvalue weighted by Gasteiger charge is 1.97. The lowest BCUT2D eigenvalue weighted by Gasteiger charge is -2.01. The molecule has 58 valence electrons. The van der Waals surface area contributed by atoms with Crippen LogP contribution < -0.4 is 5.73 Å². The van der Waals surface area contributed by atoms with Crippen LogP contribution in [0.5, 0.6) is 0 Å². The van der Waals surface area contributed by atoms with Crippen LogP contribution in [0.25, 0.3) is 5.57 Å². The van der Waals surface area contributed by atoms with Crippen molar-refractivity contribution in [2.24, 2.45) is 0 Å². The van der Waals surface area contributed by atoms with E-state index in [1.54, 1.807) is 6.07 Å². The van der Waals surface area contributed by atoms with Gasteiger partial charge in [-0.05, 0) is 24.6 Å². The molecule has 0 atom stereocenters. The average Bonchev–Trinajstić information content (AvgIpc) is 1.94. The van der Waals surface area contributed by atoms with E-state index in [1.807, 2.05) is 19.1 Å². The van der Waals surface area contributed by atoms with E-state index in [4.69, 9.17) is 17.3 Å². The third-order valence-electron chi connectivity index (χ3n) is 1.49. The lowest BCUT2D eigenvalue weighted by atomic mass is 10.1. The van der Waals surface area contributed by atoms with Gasteiger partial charge in [-0.3, -0.25) is 0 Å². The lowest BCUT2D eigenvalue weighted by Crippen LogP contribution is -1.86. The number of allylic oxidation sites excluding steroid dienone is 1. The predicted molar refractivity (Wildman–Crippen MR) is 50.6 cm³/mol. The maximum atomic E-state index is 5.79. The van der Waals surface area contributed by atoms with Gasteiger partial charge in [0.05, 0.1) is 10.7 Å². The van der Waals surface area contributed by atoms with Crippen molar-refractivity contribution in [2.45, 2.75) is 6.92 Å². The molecule has 0 saturated heterocycles. The van der Waals surface area contributed by atoms with E-state index in [9.17, 15) is 0 Å². The van der Waals surface area contributed by atoms with E-state index in [2.05, 4.69) is 6.58 Å².